The number of carbonyl (C=O) groups is 2. The van der Waals surface area contributed by atoms with E-state index in [4.69, 9.17) is 0 Å². The first kappa shape index (κ1) is 10.7. The van der Waals surface area contributed by atoms with Gasteiger partial charge in [-0.2, -0.15) is 0 Å². The second kappa shape index (κ2) is 3.96. The SMILES string of the molecule is CC1NC(=O)N(c2ccccc2)C(=O)C1C. The molecule has 0 radical (unpaired) electrons. The number of rotatable bonds is 1. The van der Waals surface area contributed by atoms with E-state index in [-0.39, 0.29) is 23.9 Å². The molecule has 16 heavy (non-hydrogen) atoms. The number of anilines is 1. The molecule has 0 bridgehead atoms. The van der Waals surface area contributed by atoms with Crippen LogP contribution in [0, 0.1) is 5.92 Å². The van der Waals surface area contributed by atoms with Gasteiger partial charge in [0.05, 0.1) is 11.6 Å². The van der Waals surface area contributed by atoms with Crippen LogP contribution in [0.15, 0.2) is 30.3 Å². The van der Waals surface area contributed by atoms with Gasteiger partial charge >= 0.3 is 6.03 Å². The van der Waals surface area contributed by atoms with Crippen molar-refractivity contribution in [1.82, 2.24) is 5.32 Å². The van der Waals surface area contributed by atoms with Gasteiger partial charge in [0.1, 0.15) is 0 Å². The largest absolute Gasteiger partial charge is 0.334 e. The van der Waals surface area contributed by atoms with Crippen molar-refractivity contribution < 1.29 is 9.59 Å². The monoisotopic (exact) mass is 218 g/mol. The summed E-state index contributed by atoms with van der Waals surface area (Å²) < 4.78 is 0. The number of hydrogen-bond donors (Lipinski definition) is 1. The summed E-state index contributed by atoms with van der Waals surface area (Å²) in [7, 11) is 0. The summed E-state index contributed by atoms with van der Waals surface area (Å²) in [6.45, 7) is 3.66. The molecule has 0 spiro atoms. The van der Waals surface area contributed by atoms with Gasteiger partial charge in [-0.3, -0.25) is 4.79 Å². The molecule has 0 saturated carbocycles. The lowest BCUT2D eigenvalue weighted by Gasteiger charge is -2.34. The number of amides is 3. The Morgan fingerprint density at radius 3 is 2.38 bits per heavy atom. The van der Waals surface area contributed by atoms with Crippen molar-refractivity contribution in [3.63, 3.8) is 0 Å². The average molecular weight is 218 g/mol. The van der Waals surface area contributed by atoms with E-state index < -0.39 is 0 Å². The van der Waals surface area contributed by atoms with E-state index >= 15 is 0 Å². The van der Waals surface area contributed by atoms with E-state index in [0.29, 0.717) is 5.69 Å². The minimum atomic E-state index is -0.346. The lowest BCUT2D eigenvalue weighted by atomic mass is 9.99. The van der Waals surface area contributed by atoms with E-state index in [9.17, 15) is 9.59 Å². The standard InChI is InChI=1S/C12H14N2O2/c1-8-9(2)13-12(16)14(11(8)15)10-6-4-3-5-7-10/h3-9H,1-2H3,(H,13,16). The molecule has 2 unspecified atom stereocenters. The van der Waals surface area contributed by atoms with Crippen LogP contribution in [0.4, 0.5) is 10.5 Å². The van der Waals surface area contributed by atoms with E-state index in [0.717, 1.165) is 0 Å². The summed E-state index contributed by atoms with van der Waals surface area (Å²) in [6, 6.07) is 8.50. The van der Waals surface area contributed by atoms with E-state index in [1.54, 1.807) is 24.3 Å². The maximum Gasteiger partial charge on any atom is 0.328 e. The molecule has 1 saturated heterocycles. The Kier molecular flexibility index (Phi) is 2.64. The van der Waals surface area contributed by atoms with Gasteiger partial charge in [-0.1, -0.05) is 25.1 Å². The van der Waals surface area contributed by atoms with Crippen molar-refractivity contribution in [2.24, 2.45) is 5.92 Å². The highest BCUT2D eigenvalue weighted by molar-refractivity contribution is 6.16. The summed E-state index contributed by atoms with van der Waals surface area (Å²) >= 11 is 0. The van der Waals surface area contributed by atoms with Gasteiger partial charge < -0.3 is 5.32 Å². The third-order valence-corrected chi connectivity index (χ3v) is 2.93. The number of nitrogens with one attached hydrogen (secondary N) is 1. The minimum absolute atomic E-state index is 0.111. The predicted octanol–water partition coefficient (Wildman–Crippen LogP) is 1.77. The second-order valence-electron chi connectivity index (χ2n) is 4.04. The third kappa shape index (κ3) is 1.66. The smallest absolute Gasteiger partial charge is 0.328 e. The molecule has 1 aromatic carbocycles. The van der Waals surface area contributed by atoms with Crippen LogP contribution in [0.5, 0.6) is 0 Å². The van der Waals surface area contributed by atoms with Crippen molar-refractivity contribution in [3.05, 3.63) is 30.3 Å². The Balaban J connectivity index is 2.34. The zero-order valence-electron chi connectivity index (χ0n) is 9.31. The molecule has 1 fully saturated rings. The maximum atomic E-state index is 12.0. The summed E-state index contributed by atoms with van der Waals surface area (Å²) in [5.74, 6) is -0.347. The molecule has 1 aliphatic rings. The fourth-order valence-electron chi connectivity index (χ4n) is 1.72. The molecule has 4 heteroatoms. The molecule has 0 aliphatic carbocycles. The molecule has 4 nitrogen and oxygen atoms in total. The van der Waals surface area contributed by atoms with Crippen LogP contribution in [0.3, 0.4) is 0 Å². The number of imide groups is 1. The van der Waals surface area contributed by atoms with Crippen LogP contribution in [0.1, 0.15) is 13.8 Å². The fourth-order valence-corrected chi connectivity index (χ4v) is 1.72. The van der Waals surface area contributed by atoms with Crippen LogP contribution >= 0.6 is 0 Å². The van der Waals surface area contributed by atoms with Crippen LogP contribution in [-0.2, 0) is 4.79 Å². The van der Waals surface area contributed by atoms with Gasteiger partial charge in [0, 0.05) is 6.04 Å². The van der Waals surface area contributed by atoms with Crippen LogP contribution in [0.2, 0.25) is 0 Å². The first-order chi connectivity index (χ1) is 7.61. The zero-order chi connectivity index (χ0) is 11.7. The quantitative estimate of drug-likeness (QED) is 0.781. The minimum Gasteiger partial charge on any atom is -0.334 e. The normalized spacial score (nSPS) is 25.5. The Morgan fingerprint density at radius 2 is 1.75 bits per heavy atom. The molecule has 1 aromatic rings. The topological polar surface area (TPSA) is 49.4 Å². The second-order valence-corrected chi connectivity index (χ2v) is 4.04. The molecule has 0 aromatic heterocycles. The predicted molar refractivity (Wildman–Crippen MR) is 61.1 cm³/mol. The Labute approximate surface area is 94.2 Å². The number of para-hydroxylation sites is 1. The van der Waals surface area contributed by atoms with Crippen LogP contribution < -0.4 is 10.2 Å². The highest BCUT2D eigenvalue weighted by Gasteiger charge is 2.36. The van der Waals surface area contributed by atoms with Gasteiger partial charge in [0.15, 0.2) is 0 Å². The summed E-state index contributed by atoms with van der Waals surface area (Å²) in [5, 5.41) is 2.77. The third-order valence-electron chi connectivity index (χ3n) is 2.93. The molecular weight excluding hydrogens is 204 g/mol. The number of nitrogens with zero attached hydrogens (tertiary/aromatic N) is 1. The number of benzene rings is 1. The van der Waals surface area contributed by atoms with E-state index in [1.807, 2.05) is 19.9 Å². The first-order valence-electron chi connectivity index (χ1n) is 5.31. The number of hydrogen-bond acceptors (Lipinski definition) is 2. The molecular formula is C12H14N2O2. The Hall–Kier alpha value is -1.84. The number of urea groups is 1. The molecule has 84 valence electrons. The summed E-state index contributed by atoms with van der Waals surface area (Å²) in [5.41, 5.74) is 0.615. The highest BCUT2D eigenvalue weighted by atomic mass is 16.2. The van der Waals surface area contributed by atoms with Crippen molar-refractivity contribution in [2.45, 2.75) is 19.9 Å². The van der Waals surface area contributed by atoms with Crippen LogP contribution in [-0.4, -0.2) is 18.0 Å². The van der Waals surface area contributed by atoms with Crippen molar-refractivity contribution in [3.8, 4) is 0 Å². The summed E-state index contributed by atoms with van der Waals surface area (Å²) in [4.78, 5) is 25.0. The van der Waals surface area contributed by atoms with Crippen molar-refractivity contribution >= 4 is 17.6 Å². The van der Waals surface area contributed by atoms with Gasteiger partial charge in [-0.05, 0) is 19.1 Å². The van der Waals surface area contributed by atoms with Crippen molar-refractivity contribution in [2.75, 3.05) is 4.90 Å². The molecule has 2 rings (SSSR count). The molecule has 1 heterocycles. The number of carbonyl (C=O) groups excluding carboxylic acids is 2. The maximum absolute atomic E-state index is 12.0. The van der Waals surface area contributed by atoms with E-state index in [1.165, 1.54) is 4.90 Å². The lowest BCUT2D eigenvalue weighted by Crippen LogP contribution is -2.58. The van der Waals surface area contributed by atoms with Crippen LogP contribution in [0.25, 0.3) is 0 Å². The van der Waals surface area contributed by atoms with Gasteiger partial charge in [0.25, 0.3) is 0 Å². The summed E-state index contributed by atoms with van der Waals surface area (Å²) in [6.07, 6.45) is 0. The Bertz CT molecular complexity index is 416. The fraction of sp³-hybridized carbons (Fsp3) is 0.333. The molecule has 2 atom stereocenters. The van der Waals surface area contributed by atoms with Gasteiger partial charge in [-0.15, -0.1) is 0 Å². The van der Waals surface area contributed by atoms with Gasteiger partial charge in [0.2, 0.25) is 5.91 Å². The lowest BCUT2D eigenvalue weighted by molar-refractivity contribution is -0.122. The molecule has 1 aliphatic heterocycles. The molecule has 3 amide bonds. The first-order valence-corrected chi connectivity index (χ1v) is 5.31. The molecule has 1 N–H and O–H groups in total. The Morgan fingerprint density at radius 1 is 1.12 bits per heavy atom. The van der Waals surface area contributed by atoms with Gasteiger partial charge in [-0.25, -0.2) is 9.69 Å². The zero-order valence-corrected chi connectivity index (χ0v) is 9.31. The van der Waals surface area contributed by atoms with Crippen molar-refractivity contribution in [1.29, 1.82) is 0 Å². The van der Waals surface area contributed by atoms with E-state index in [2.05, 4.69) is 5.32 Å². The average Bonchev–Trinajstić information content (AvgIpc) is 2.28. The highest BCUT2D eigenvalue weighted by Crippen LogP contribution is 2.21.